The smallest absolute Gasteiger partial charge is 0.261 e. The van der Waals surface area contributed by atoms with Crippen molar-refractivity contribution in [1.29, 1.82) is 0 Å². The number of carbonyl (C=O) groups excluding carboxylic acids is 2. The van der Waals surface area contributed by atoms with Gasteiger partial charge in [0.25, 0.3) is 5.91 Å². The molecule has 0 aliphatic carbocycles. The van der Waals surface area contributed by atoms with Gasteiger partial charge in [0.15, 0.2) is 6.61 Å². The molecule has 0 fully saturated rings. The van der Waals surface area contributed by atoms with E-state index in [-0.39, 0.29) is 30.9 Å². The van der Waals surface area contributed by atoms with E-state index in [4.69, 9.17) is 16.3 Å². The Balaban J connectivity index is 2.18. The van der Waals surface area contributed by atoms with E-state index in [1.54, 1.807) is 24.0 Å². The van der Waals surface area contributed by atoms with E-state index in [0.717, 1.165) is 11.1 Å². The van der Waals surface area contributed by atoms with Crippen molar-refractivity contribution in [2.24, 2.45) is 5.92 Å². The van der Waals surface area contributed by atoms with Crippen LogP contribution in [0.25, 0.3) is 0 Å². The van der Waals surface area contributed by atoms with Crippen molar-refractivity contribution in [1.82, 2.24) is 10.2 Å². The summed E-state index contributed by atoms with van der Waals surface area (Å²) in [7, 11) is 0. The summed E-state index contributed by atoms with van der Waals surface area (Å²) in [4.78, 5) is 27.4. The Hall–Kier alpha value is -2.53. The maximum Gasteiger partial charge on any atom is 0.261 e. The normalized spacial score (nSPS) is 12.0. The summed E-state index contributed by atoms with van der Waals surface area (Å²) >= 11 is 6.12. The molecular weight excluding hydrogens is 412 g/mol. The average Bonchev–Trinajstić information content (AvgIpc) is 2.73. The van der Waals surface area contributed by atoms with E-state index < -0.39 is 6.04 Å². The number of para-hydroxylation sites is 1. The number of rotatable bonds is 10. The second-order valence-corrected chi connectivity index (χ2v) is 8.88. The Kier molecular flexibility index (Phi) is 9.38. The van der Waals surface area contributed by atoms with Gasteiger partial charge in [0.05, 0.1) is 0 Å². The molecule has 0 radical (unpaired) electrons. The number of nitrogens with zero attached hydrogens (tertiary/aromatic N) is 1. The van der Waals surface area contributed by atoms with E-state index in [1.807, 2.05) is 50.2 Å². The number of carbonyl (C=O) groups is 2. The lowest BCUT2D eigenvalue weighted by molar-refractivity contribution is -0.142. The molecule has 6 heteroatoms. The molecule has 1 atom stereocenters. The number of hydrogen-bond donors (Lipinski definition) is 1. The van der Waals surface area contributed by atoms with Crippen LogP contribution in [-0.4, -0.2) is 35.9 Å². The van der Waals surface area contributed by atoms with E-state index in [0.29, 0.717) is 23.2 Å². The largest absolute Gasteiger partial charge is 0.483 e. The molecule has 5 nitrogen and oxygen atoms in total. The van der Waals surface area contributed by atoms with Gasteiger partial charge in [0.2, 0.25) is 5.91 Å². The van der Waals surface area contributed by atoms with Gasteiger partial charge in [0.1, 0.15) is 11.8 Å². The third-order valence-corrected chi connectivity index (χ3v) is 5.22. The zero-order valence-electron chi connectivity index (χ0n) is 19.0. The maximum atomic E-state index is 13.2. The van der Waals surface area contributed by atoms with Crippen LogP contribution < -0.4 is 10.1 Å². The van der Waals surface area contributed by atoms with Gasteiger partial charge in [-0.2, -0.15) is 0 Å². The zero-order chi connectivity index (χ0) is 23.0. The number of nitrogens with one attached hydrogen (secondary N) is 1. The van der Waals surface area contributed by atoms with Crippen molar-refractivity contribution in [2.45, 2.75) is 53.1 Å². The molecule has 2 rings (SSSR count). The Morgan fingerprint density at radius 2 is 1.74 bits per heavy atom. The third-order valence-electron chi connectivity index (χ3n) is 4.99. The van der Waals surface area contributed by atoms with Gasteiger partial charge < -0.3 is 15.0 Å². The summed E-state index contributed by atoms with van der Waals surface area (Å²) in [6, 6.07) is 14.4. The van der Waals surface area contributed by atoms with E-state index in [9.17, 15) is 9.59 Å². The minimum Gasteiger partial charge on any atom is -0.483 e. The van der Waals surface area contributed by atoms with Crippen LogP contribution in [-0.2, 0) is 16.1 Å². The molecule has 0 aliphatic heterocycles. The summed E-state index contributed by atoms with van der Waals surface area (Å²) in [6.45, 7) is 10.6. The molecule has 2 aromatic rings. The van der Waals surface area contributed by atoms with Gasteiger partial charge in [-0.25, -0.2) is 0 Å². The molecule has 1 N–H and O–H groups in total. The monoisotopic (exact) mass is 444 g/mol. The molecule has 0 aliphatic rings. The molecule has 31 heavy (non-hydrogen) atoms. The summed E-state index contributed by atoms with van der Waals surface area (Å²) in [5, 5.41) is 3.50. The third kappa shape index (κ3) is 7.59. The first-order valence-corrected chi connectivity index (χ1v) is 11.1. The molecular formula is C25H33ClN2O3. The molecule has 0 aromatic heterocycles. The maximum absolute atomic E-state index is 13.2. The predicted octanol–water partition coefficient (Wildman–Crippen LogP) is 5.03. The Morgan fingerprint density at radius 1 is 1.03 bits per heavy atom. The number of hydrogen-bond acceptors (Lipinski definition) is 3. The number of amides is 2. The molecule has 2 amide bonds. The molecule has 0 spiro atoms. The zero-order valence-corrected chi connectivity index (χ0v) is 19.8. The van der Waals surface area contributed by atoms with Gasteiger partial charge in [-0.1, -0.05) is 69.6 Å². The topological polar surface area (TPSA) is 58.6 Å². The fourth-order valence-electron chi connectivity index (χ4n) is 3.18. The van der Waals surface area contributed by atoms with Crippen LogP contribution in [0.5, 0.6) is 5.75 Å². The molecule has 0 saturated heterocycles. The van der Waals surface area contributed by atoms with Crippen LogP contribution in [0.15, 0.2) is 48.5 Å². The first-order chi connectivity index (χ1) is 14.7. The highest BCUT2D eigenvalue weighted by Gasteiger charge is 2.27. The second-order valence-electron chi connectivity index (χ2n) is 8.45. The molecule has 2 aromatic carbocycles. The fraction of sp³-hybridized carbons (Fsp3) is 0.440. The first kappa shape index (κ1) is 24.7. The Bertz CT molecular complexity index is 883. The Morgan fingerprint density at radius 3 is 2.39 bits per heavy atom. The quantitative estimate of drug-likeness (QED) is 0.559. The van der Waals surface area contributed by atoms with Gasteiger partial charge in [0, 0.05) is 18.1 Å². The van der Waals surface area contributed by atoms with Crippen molar-refractivity contribution < 1.29 is 14.3 Å². The van der Waals surface area contributed by atoms with Gasteiger partial charge in [-0.15, -0.1) is 0 Å². The van der Waals surface area contributed by atoms with Gasteiger partial charge in [-0.05, 0) is 48.1 Å². The lowest BCUT2D eigenvalue weighted by Gasteiger charge is -2.29. The van der Waals surface area contributed by atoms with Crippen molar-refractivity contribution >= 4 is 23.4 Å². The SMILES string of the molecule is CC(C)CNC(=O)C(C)N(Cc1cccc(Cl)c1)C(=O)COc1ccccc1C(C)C. The molecule has 168 valence electrons. The van der Waals surface area contributed by atoms with Crippen molar-refractivity contribution in [3.05, 3.63) is 64.7 Å². The lowest BCUT2D eigenvalue weighted by Crippen LogP contribution is -2.49. The van der Waals surface area contributed by atoms with E-state index in [2.05, 4.69) is 19.2 Å². The number of ether oxygens (including phenoxy) is 1. The van der Waals surface area contributed by atoms with Crippen LogP contribution in [0.3, 0.4) is 0 Å². The van der Waals surface area contributed by atoms with Crippen LogP contribution in [0.2, 0.25) is 5.02 Å². The lowest BCUT2D eigenvalue weighted by atomic mass is 10.0. The highest BCUT2D eigenvalue weighted by Crippen LogP contribution is 2.26. The summed E-state index contributed by atoms with van der Waals surface area (Å²) in [6.07, 6.45) is 0. The van der Waals surface area contributed by atoms with Gasteiger partial charge >= 0.3 is 0 Å². The number of benzene rings is 2. The second kappa shape index (κ2) is 11.8. The molecule has 0 bridgehead atoms. The standard InChI is InChI=1S/C25H33ClN2O3/c1-17(2)14-27-25(30)19(5)28(15-20-9-8-10-21(26)13-20)24(29)16-31-23-12-7-6-11-22(23)18(3)4/h6-13,17-19H,14-16H2,1-5H3,(H,27,30). The van der Waals surface area contributed by atoms with E-state index in [1.165, 1.54) is 0 Å². The summed E-state index contributed by atoms with van der Waals surface area (Å²) < 4.78 is 5.88. The minimum absolute atomic E-state index is 0.147. The average molecular weight is 445 g/mol. The van der Waals surface area contributed by atoms with Crippen molar-refractivity contribution in [3.8, 4) is 5.75 Å². The number of halogens is 1. The van der Waals surface area contributed by atoms with Crippen LogP contribution in [0.4, 0.5) is 0 Å². The molecule has 0 heterocycles. The van der Waals surface area contributed by atoms with Crippen molar-refractivity contribution in [3.63, 3.8) is 0 Å². The predicted molar refractivity (Wildman–Crippen MR) is 125 cm³/mol. The highest BCUT2D eigenvalue weighted by atomic mass is 35.5. The van der Waals surface area contributed by atoms with Crippen LogP contribution in [0.1, 0.15) is 51.7 Å². The van der Waals surface area contributed by atoms with E-state index >= 15 is 0 Å². The minimum atomic E-state index is -0.644. The fourth-order valence-corrected chi connectivity index (χ4v) is 3.39. The van der Waals surface area contributed by atoms with Crippen LogP contribution >= 0.6 is 11.6 Å². The molecule has 0 saturated carbocycles. The first-order valence-electron chi connectivity index (χ1n) is 10.7. The van der Waals surface area contributed by atoms with Crippen molar-refractivity contribution in [2.75, 3.05) is 13.2 Å². The molecule has 1 unspecified atom stereocenters. The highest BCUT2D eigenvalue weighted by molar-refractivity contribution is 6.30. The Labute approximate surface area is 190 Å². The summed E-state index contributed by atoms with van der Waals surface area (Å²) in [5.74, 6) is 0.835. The van der Waals surface area contributed by atoms with Gasteiger partial charge in [-0.3, -0.25) is 9.59 Å². The van der Waals surface area contributed by atoms with Crippen LogP contribution in [0, 0.1) is 5.92 Å². The summed E-state index contributed by atoms with van der Waals surface area (Å²) in [5.41, 5.74) is 1.89.